The summed E-state index contributed by atoms with van der Waals surface area (Å²) in [5.74, 6) is 1.87. The van der Waals surface area contributed by atoms with E-state index >= 15 is 0 Å². The van der Waals surface area contributed by atoms with Crippen molar-refractivity contribution in [1.82, 2.24) is 15.0 Å². The third-order valence-corrected chi connectivity index (χ3v) is 3.70. The van der Waals surface area contributed by atoms with Gasteiger partial charge in [0, 0.05) is 48.3 Å². The molecule has 2 aromatic heterocycles. The molecule has 0 bridgehead atoms. The maximum atomic E-state index is 4.39. The first-order valence-corrected chi connectivity index (χ1v) is 7.29. The number of halogens is 1. The summed E-state index contributed by atoms with van der Waals surface area (Å²) >= 11 is 2.22. The van der Waals surface area contributed by atoms with Gasteiger partial charge in [0.2, 0.25) is 5.95 Å². The van der Waals surface area contributed by atoms with E-state index in [-0.39, 0.29) is 0 Å². The maximum absolute atomic E-state index is 4.39. The van der Waals surface area contributed by atoms with Crippen LogP contribution in [0.3, 0.4) is 0 Å². The number of aromatic nitrogens is 3. The first kappa shape index (κ1) is 12.6. The zero-order valence-corrected chi connectivity index (χ0v) is 12.6. The van der Waals surface area contributed by atoms with Crippen molar-refractivity contribution in [1.29, 1.82) is 0 Å². The average Bonchev–Trinajstić information content (AvgIpc) is 2.49. The van der Waals surface area contributed by atoms with Crippen LogP contribution in [-0.4, -0.2) is 41.1 Å². The minimum Gasteiger partial charge on any atom is -0.353 e. The Morgan fingerprint density at radius 2 is 1.58 bits per heavy atom. The Balaban J connectivity index is 1.65. The normalized spacial score (nSPS) is 15.6. The van der Waals surface area contributed by atoms with E-state index in [0.717, 1.165) is 41.5 Å². The van der Waals surface area contributed by atoms with Gasteiger partial charge in [-0.15, -0.1) is 0 Å². The van der Waals surface area contributed by atoms with E-state index in [4.69, 9.17) is 0 Å². The summed E-state index contributed by atoms with van der Waals surface area (Å²) in [6.07, 6.45) is 5.55. The van der Waals surface area contributed by atoms with Gasteiger partial charge in [0.15, 0.2) is 0 Å². The van der Waals surface area contributed by atoms with E-state index in [9.17, 15) is 0 Å². The summed E-state index contributed by atoms with van der Waals surface area (Å²) in [5.41, 5.74) is 0. The third kappa shape index (κ3) is 2.94. The third-order valence-electron chi connectivity index (χ3n) is 3.14. The second-order valence-corrected chi connectivity index (χ2v) is 5.61. The molecule has 0 radical (unpaired) electrons. The van der Waals surface area contributed by atoms with Gasteiger partial charge in [-0.2, -0.15) is 0 Å². The van der Waals surface area contributed by atoms with Crippen molar-refractivity contribution in [3.63, 3.8) is 0 Å². The SMILES string of the molecule is Ic1cnc(N2CCN(c3ccccn3)CC2)nc1. The van der Waals surface area contributed by atoms with Crippen molar-refractivity contribution in [2.24, 2.45) is 0 Å². The molecule has 3 heterocycles. The fraction of sp³-hybridized carbons (Fsp3) is 0.308. The molecule has 1 saturated heterocycles. The van der Waals surface area contributed by atoms with Crippen molar-refractivity contribution in [3.05, 3.63) is 40.4 Å². The molecule has 1 fully saturated rings. The zero-order valence-electron chi connectivity index (χ0n) is 10.4. The number of pyridine rings is 1. The number of anilines is 2. The Morgan fingerprint density at radius 3 is 2.21 bits per heavy atom. The molecule has 2 aromatic rings. The Bertz CT molecular complexity index is 522. The van der Waals surface area contributed by atoms with Crippen molar-refractivity contribution >= 4 is 34.4 Å². The van der Waals surface area contributed by atoms with Crippen LogP contribution in [0.1, 0.15) is 0 Å². The zero-order chi connectivity index (χ0) is 13.1. The summed E-state index contributed by atoms with van der Waals surface area (Å²) < 4.78 is 1.06. The predicted molar refractivity (Wildman–Crippen MR) is 83.4 cm³/mol. The van der Waals surface area contributed by atoms with Crippen LogP contribution < -0.4 is 9.80 Å². The van der Waals surface area contributed by atoms with Crippen LogP contribution in [0.2, 0.25) is 0 Å². The van der Waals surface area contributed by atoms with Crippen molar-refractivity contribution in [2.45, 2.75) is 0 Å². The monoisotopic (exact) mass is 367 g/mol. The van der Waals surface area contributed by atoms with E-state index in [1.54, 1.807) is 0 Å². The molecule has 0 N–H and O–H groups in total. The Hall–Kier alpha value is -1.44. The van der Waals surface area contributed by atoms with E-state index in [0.29, 0.717) is 0 Å². The van der Waals surface area contributed by atoms with Gasteiger partial charge in [-0.05, 0) is 34.7 Å². The maximum Gasteiger partial charge on any atom is 0.225 e. The van der Waals surface area contributed by atoms with Crippen molar-refractivity contribution < 1.29 is 0 Å². The molecule has 0 spiro atoms. The molecule has 98 valence electrons. The lowest BCUT2D eigenvalue weighted by atomic mass is 10.3. The van der Waals surface area contributed by atoms with Gasteiger partial charge in [-0.1, -0.05) is 6.07 Å². The number of piperazine rings is 1. The van der Waals surface area contributed by atoms with E-state index in [2.05, 4.69) is 53.4 Å². The molecule has 0 aliphatic carbocycles. The minimum absolute atomic E-state index is 0.820. The molecule has 0 saturated carbocycles. The fourth-order valence-corrected chi connectivity index (χ4v) is 2.42. The lowest BCUT2D eigenvalue weighted by molar-refractivity contribution is 0.634. The molecule has 0 amide bonds. The van der Waals surface area contributed by atoms with Gasteiger partial charge >= 0.3 is 0 Å². The predicted octanol–water partition coefficient (Wildman–Crippen LogP) is 1.80. The van der Waals surface area contributed by atoms with Crippen LogP contribution in [0, 0.1) is 3.57 Å². The number of hydrogen-bond donors (Lipinski definition) is 0. The van der Waals surface area contributed by atoms with Crippen LogP contribution in [0.15, 0.2) is 36.8 Å². The number of hydrogen-bond acceptors (Lipinski definition) is 5. The quantitative estimate of drug-likeness (QED) is 0.758. The highest BCUT2D eigenvalue weighted by Gasteiger charge is 2.19. The highest BCUT2D eigenvalue weighted by atomic mass is 127. The number of nitrogens with zero attached hydrogens (tertiary/aromatic N) is 5. The lowest BCUT2D eigenvalue weighted by Gasteiger charge is -2.35. The molecular formula is C13H14IN5. The van der Waals surface area contributed by atoms with E-state index in [1.807, 2.05) is 30.7 Å². The second kappa shape index (κ2) is 5.68. The molecule has 0 unspecified atom stereocenters. The highest BCUT2D eigenvalue weighted by Crippen LogP contribution is 2.15. The molecule has 0 aromatic carbocycles. The molecule has 3 rings (SSSR count). The Morgan fingerprint density at radius 1 is 0.895 bits per heavy atom. The average molecular weight is 367 g/mol. The first-order chi connectivity index (χ1) is 9.33. The van der Waals surface area contributed by atoms with Crippen LogP contribution in [0.5, 0.6) is 0 Å². The summed E-state index contributed by atoms with van der Waals surface area (Å²) in [5, 5.41) is 0. The fourth-order valence-electron chi connectivity index (χ4n) is 2.15. The summed E-state index contributed by atoms with van der Waals surface area (Å²) in [6.45, 7) is 3.76. The summed E-state index contributed by atoms with van der Waals surface area (Å²) in [6, 6.07) is 6.02. The topological polar surface area (TPSA) is 45.2 Å². The molecule has 0 atom stereocenters. The van der Waals surface area contributed by atoms with Gasteiger partial charge in [-0.3, -0.25) is 0 Å². The van der Waals surface area contributed by atoms with Crippen LogP contribution in [-0.2, 0) is 0 Å². The van der Waals surface area contributed by atoms with Crippen LogP contribution >= 0.6 is 22.6 Å². The van der Waals surface area contributed by atoms with Gasteiger partial charge < -0.3 is 9.80 Å². The second-order valence-electron chi connectivity index (χ2n) is 4.36. The smallest absolute Gasteiger partial charge is 0.225 e. The van der Waals surface area contributed by atoms with Crippen LogP contribution in [0.25, 0.3) is 0 Å². The van der Waals surface area contributed by atoms with Crippen molar-refractivity contribution in [3.8, 4) is 0 Å². The molecule has 6 heteroatoms. The Kier molecular flexibility index (Phi) is 3.77. The van der Waals surface area contributed by atoms with E-state index in [1.165, 1.54) is 0 Å². The molecule has 1 aliphatic heterocycles. The minimum atomic E-state index is 0.820. The van der Waals surface area contributed by atoms with Crippen LogP contribution in [0.4, 0.5) is 11.8 Å². The van der Waals surface area contributed by atoms with E-state index < -0.39 is 0 Å². The standard InChI is InChI=1S/C13H14IN5/c14-11-9-16-13(17-10-11)19-7-5-18(6-8-19)12-3-1-2-4-15-12/h1-4,9-10H,5-8H2. The Labute approximate surface area is 125 Å². The van der Waals surface area contributed by atoms with Gasteiger partial charge in [-0.25, -0.2) is 15.0 Å². The van der Waals surface area contributed by atoms with Gasteiger partial charge in [0.05, 0.1) is 0 Å². The van der Waals surface area contributed by atoms with Gasteiger partial charge in [0.1, 0.15) is 5.82 Å². The summed E-state index contributed by atoms with van der Waals surface area (Å²) in [7, 11) is 0. The molecule has 1 aliphatic rings. The molecule has 19 heavy (non-hydrogen) atoms. The summed E-state index contributed by atoms with van der Waals surface area (Å²) in [4.78, 5) is 17.6. The highest BCUT2D eigenvalue weighted by molar-refractivity contribution is 14.1. The molecule has 5 nitrogen and oxygen atoms in total. The molecular weight excluding hydrogens is 353 g/mol. The van der Waals surface area contributed by atoms with Crippen molar-refractivity contribution in [2.75, 3.05) is 36.0 Å². The lowest BCUT2D eigenvalue weighted by Crippen LogP contribution is -2.47. The van der Waals surface area contributed by atoms with Gasteiger partial charge in [0.25, 0.3) is 0 Å². The first-order valence-electron chi connectivity index (χ1n) is 6.21. The number of rotatable bonds is 2. The largest absolute Gasteiger partial charge is 0.353 e.